The maximum Gasteiger partial charge on any atom is 0.295 e. The van der Waals surface area contributed by atoms with Crippen LogP contribution in [-0.4, -0.2) is 13.0 Å². The molecule has 0 amide bonds. The van der Waals surface area contributed by atoms with E-state index in [4.69, 9.17) is 15.8 Å². The summed E-state index contributed by atoms with van der Waals surface area (Å²) in [5.41, 5.74) is -0.317. The van der Waals surface area contributed by atoms with Gasteiger partial charge in [0.05, 0.1) is 0 Å². The smallest absolute Gasteiger partial charge is 0.295 e. The van der Waals surface area contributed by atoms with E-state index in [9.17, 15) is 13.0 Å². The van der Waals surface area contributed by atoms with Crippen LogP contribution >= 0.6 is 0 Å². The van der Waals surface area contributed by atoms with Gasteiger partial charge in [-0.05, 0) is 12.1 Å². The van der Waals surface area contributed by atoms with E-state index >= 15 is 0 Å². The van der Waals surface area contributed by atoms with Gasteiger partial charge in [0.25, 0.3) is 10.1 Å². The Morgan fingerprint density at radius 3 is 2.09 bits per heavy atom. The predicted molar refractivity (Wildman–Crippen MR) is 81.3 cm³/mol. The Labute approximate surface area is 132 Å². The van der Waals surface area contributed by atoms with Crippen molar-refractivity contribution in [3.8, 4) is 18.2 Å². The highest BCUT2D eigenvalue weighted by Gasteiger charge is 2.16. The molecular formula is C15H8N4O3S. The average molecular weight is 324 g/mol. The molecule has 0 radical (unpaired) electrons. The minimum Gasteiger partial charge on any atom is -0.345 e. The summed E-state index contributed by atoms with van der Waals surface area (Å²) >= 11 is 0. The largest absolute Gasteiger partial charge is 0.345 e. The lowest BCUT2D eigenvalue weighted by Crippen LogP contribution is -2.04. The van der Waals surface area contributed by atoms with Crippen molar-refractivity contribution in [2.24, 2.45) is 0 Å². The van der Waals surface area contributed by atoms with Crippen LogP contribution in [0.3, 0.4) is 0 Å². The summed E-state index contributed by atoms with van der Waals surface area (Å²) in [5, 5.41) is 30.0. The zero-order chi connectivity index (χ0) is 17.0. The number of fused-ring (bicyclic) bond motifs is 1. The molecule has 0 aliphatic carbocycles. The summed E-state index contributed by atoms with van der Waals surface area (Å²) < 4.78 is 32.1. The van der Waals surface area contributed by atoms with E-state index in [1.54, 1.807) is 36.4 Å². The molecule has 0 fully saturated rings. The van der Waals surface area contributed by atoms with Gasteiger partial charge >= 0.3 is 0 Å². The molecule has 2 aromatic carbocycles. The van der Waals surface area contributed by atoms with Crippen molar-refractivity contribution in [1.29, 1.82) is 15.8 Å². The van der Waals surface area contributed by atoms with E-state index in [1.807, 2.05) is 0 Å². The van der Waals surface area contributed by atoms with Crippen molar-refractivity contribution >= 4 is 26.6 Å². The highest BCUT2D eigenvalue weighted by atomic mass is 32.2. The lowest BCUT2D eigenvalue weighted by molar-refractivity contribution is 0.484. The lowest BCUT2D eigenvalue weighted by Gasteiger charge is -2.11. The molecule has 2 rings (SSSR count). The molecule has 112 valence electrons. The molecule has 23 heavy (non-hydrogen) atoms. The van der Waals surface area contributed by atoms with Crippen molar-refractivity contribution in [2.75, 3.05) is 5.32 Å². The molecule has 0 saturated carbocycles. The maximum absolute atomic E-state index is 11.4. The second-order valence-corrected chi connectivity index (χ2v) is 5.73. The molecule has 8 heteroatoms. The number of anilines is 1. The first-order valence-electron chi connectivity index (χ1n) is 6.13. The summed E-state index contributed by atoms with van der Waals surface area (Å²) in [6, 6.07) is 13.8. The van der Waals surface area contributed by atoms with E-state index in [0.717, 1.165) is 0 Å². The third-order valence-electron chi connectivity index (χ3n) is 3.01. The van der Waals surface area contributed by atoms with Crippen LogP contribution < -0.4 is 5.32 Å². The number of nitrogens with zero attached hydrogens (tertiary/aromatic N) is 3. The summed E-state index contributed by atoms with van der Waals surface area (Å²) in [7, 11) is -4.42. The highest BCUT2D eigenvalue weighted by molar-refractivity contribution is 7.86. The number of hydrogen-bond donors (Lipinski definition) is 2. The molecule has 0 heterocycles. The number of hydrogen-bond acceptors (Lipinski definition) is 6. The van der Waals surface area contributed by atoms with Crippen molar-refractivity contribution in [1.82, 2.24) is 0 Å². The van der Waals surface area contributed by atoms with Gasteiger partial charge in [-0.25, -0.2) is 0 Å². The zero-order valence-corrected chi connectivity index (χ0v) is 12.3. The predicted octanol–water partition coefficient (Wildman–Crippen LogP) is 2.32. The zero-order valence-electron chi connectivity index (χ0n) is 11.5. The van der Waals surface area contributed by atoms with E-state index in [-0.39, 0.29) is 16.0 Å². The molecule has 0 aliphatic heterocycles. The summed E-state index contributed by atoms with van der Waals surface area (Å²) in [4.78, 5) is -0.276. The average Bonchev–Trinajstić information content (AvgIpc) is 2.53. The molecule has 0 spiro atoms. The summed E-state index contributed by atoms with van der Waals surface area (Å²) in [6.07, 6.45) is 0. The van der Waals surface area contributed by atoms with Crippen molar-refractivity contribution in [2.45, 2.75) is 4.90 Å². The van der Waals surface area contributed by atoms with Gasteiger partial charge in [-0.2, -0.15) is 24.2 Å². The van der Waals surface area contributed by atoms with Gasteiger partial charge in [-0.3, -0.25) is 4.55 Å². The van der Waals surface area contributed by atoms with Crippen LogP contribution in [0, 0.1) is 34.0 Å². The van der Waals surface area contributed by atoms with Crippen LogP contribution in [0.15, 0.2) is 52.6 Å². The van der Waals surface area contributed by atoms with Crippen LogP contribution in [0.2, 0.25) is 0 Å². The first kappa shape index (κ1) is 16.0. The Kier molecular flexibility index (Phi) is 4.29. The number of nitrogens with one attached hydrogen (secondary N) is 1. The topological polar surface area (TPSA) is 138 Å². The standard InChI is InChI=1S/C15H8N4O3S/c16-7-10(8-17)14(9-18)19-13-5-6-15(23(20,21)22)12-4-2-1-3-11(12)13/h1-6,19H,(H,20,21,22). The molecule has 2 N–H and O–H groups in total. The Bertz CT molecular complexity index is 1030. The highest BCUT2D eigenvalue weighted by Crippen LogP contribution is 2.30. The van der Waals surface area contributed by atoms with Crippen molar-refractivity contribution < 1.29 is 13.0 Å². The monoisotopic (exact) mass is 324 g/mol. The van der Waals surface area contributed by atoms with Crippen molar-refractivity contribution in [3.05, 3.63) is 47.7 Å². The second kappa shape index (κ2) is 6.17. The van der Waals surface area contributed by atoms with Gasteiger partial charge in [0.15, 0.2) is 5.57 Å². The third-order valence-corrected chi connectivity index (χ3v) is 3.92. The Morgan fingerprint density at radius 1 is 0.957 bits per heavy atom. The van der Waals surface area contributed by atoms with Crippen LogP contribution in [0.25, 0.3) is 10.8 Å². The Balaban J connectivity index is 2.72. The third kappa shape index (κ3) is 3.12. The van der Waals surface area contributed by atoms with Gasteiger partial charge in [0.2, 0.25) is 0 Å². The number of allylic oxidation sites excluding steroid dienone is 2. The molecular weight excluding hydrogens is 316 g/mol. The quantitative estimate of drug-likeness (QED) is 0.652. The number of nitriles is 3. The van der Waals surface area contributed by atoms with Gasteiger partial charge in [-0.15, -0.1) is 0 Å². The molecule has 0 atom stereocenters. The van der Waals surface area contributed by atoms with Gasteiger partial charge in [0, 0.05) is 16.5 Å². The second-order valence-electron chi connectivity index (χ2n) is 4.34. The van der Waals surface area contributed by atoms with Crippen molar-refractivity contribution in [3.63, 3.8) is 0 Å². The molecule has 0 aromatic heterocycles. The molecule has 7 nitrogen and oxygen atoms in total. The molecule has 0 aliphatic rings. The summed E-state index contributed by atoms with van der Waals surface area (Å²) in [5.74, 6) is 0. The lowest BCUT2D eigenvalue weighted by atomic mass is 10.1. The Morgan fingerprint density at radius 2 is 1.57 bits per heavy atom. The SMILES string of the molecule is N#CC(C#N)=C(C#N)Nc1ccc(S(=O)(=O)O)c2ccccc12. The van der Waals surface area contributed by atoms with Crippen LogP contribution in [0.4, 0.5) is 5.69 Å². The van der Waals surface area contributed by atoms with Crippen LogP contribution in [0.1, 0.15) is 0 Å². The van der Waals surface area contributed by atoms with Crippen LogP contribution in [-0.2, 0) is 10.1 Å². The fourth-order valence-corrected chi connectivity index (χ4v) is 2.72. The summed E-state index contributed by atoms with van der Waals surface area (Å²) in [6.45, 7) is 0. The maximum atomic E-state index is 11.4. The minimum atomic E-state index is -4.42. The van der Waals surface area contributed by atoms with E-state index in [0.29, 0.717) is 11.1 Å². The molecule has 2 aromatic rings. The van der Waals surface area contributed by atoms with Crippen LogP contribution in [0.5, 0.6) is 0 Å². The normalized spacial score (nSPS) is 10.2. The number of benzene rings is 2. The van der Waals surface area contributed by atoms with E-state index in [1.165, 1.54) is 18.2 Å². The van der Waals surface area contributed by atoms with E-state index < -0.39 is 15.7 Å². The first-order valence-corrected chi connectivity index (χ1v) is 7.57. The van der Waals surface area contributed by atoms with Gasteiger partial charge < -0.3 is 5.32 Å². The fraction of sp³-hybridized carbons (Fsp3) is 0. The fourth-order valence-electron chi connectivity index (χ4n) is 2.02. The number of rotatable bonds is 3. The first-order chi connectivity index (χ1) is 10.9. The minimum absolute atomic E-state index is 0.243. The van der Waals surface area contributed by atoms with Gasteiger partial charge in [-0.1, -0.05) is 24.3 Å². The van der Waals surface area contributed by atoms with Gasteiger partial charge in [0.1, 0.15) is 28.8 Å². The van der Waals surface area contributed by atoms with E-state index in [2.05, 4.69) is 5.32 Å². The Hall–Kier alpha value is -3.38. The molecule has 0 unspecified atom stereocenters. The molecule has 0 saturated heterocycles. The molecule has 0 bridgehead atoms.